The lowest BCUT2D eigenvalue weighted by Crippen LogP contribution is -2.45. The molecule has 2 aromatic rings. The quantitative estimate of drug-likeness (QED) is 0.503. The van der Waals surface area contributed by atoms with Crippen molar-refractivity contribution in [3.05, 3.63) is 32.5 Å². The van der Waals surface area contributed by atoms with Gasteiger partial charge in [0.2, 0.25) is 0 Å². The molecule has 1 aliphatic carbocycles. The molecule has 1 aliphatic heterocycles. The normalized spacial score (nSPS) is 20.5. The van der Waals surface area contributed by atoms with E-state index in [2.05, 4.69) is 11.0 Å². The fourth-order valence-corrected chi connectivity index (χ4v) is 4.35. The molecule has 28 heavy (non-hydrogen) atoms. The van der Waals surface area contributed by atoms with E-state index in [1.165, 1.54) is 0 Å². The average molecular weight is 383 g/mol. The van der Waals surface area contributed by atoms with Gasteiger partial charge in [0.05, 0.1) is 23.4 Å². The predicted octanol–water partition coefficient (Wildman–Crippen LogP) is 0.170. The topological polar surface area (TPSA) is 149 Å². The van der Waals surface area contributed by atoms with Gasteiger partial charge in [-0.25, -0.2) is 4.79 Å². The standard InChI is InChI=1S/C19H25N7O2/c1-10-15(24-7-5-11(9-24)13(21)4-6-20)8-14(22)16-17(10)25(12-2-3-12)19(28)26(23)18(16)27/h8,11-13H,2-5,7,9,21-23H2,1H3. The van der Waals surface area contributed by atoms with E-state index in [-0.39, 0.29) is 18.0 Å². The Morgan fingerprint density at radius 3 is 2.68 bits per heavy atom. The van der Waals surface area contributed by atoms with Crippen molar-refractivity contribution >= 4 is 22.3 Å². The number of aryl methyl sites for hydroxylation is 1. The van der Waals surface area contributed by atoms with Crippen LogP contribution in [0, 0.1) is 24.2 Å². The molecule has 148 valence electrons. The maximum absolute atomic E-state index is 12.7. The molecular formula is C19H25N7O2. The molecule has 2 unspecified atom stereocenters. The van der Waals surface area contributed by atoms with E-state index in [1.54, 1.807) is 10.6 Å². The lowest BCUT2D eigenvalue weighted by molar-refractivity contribution is 0.464. The largest absolute Gasteiger partial charge is 0.398 e. The number of benzene rings is 1. The van der Waals surface area contributed by atoms with E-state index in [0.717, 1.165) is 43.6 Å². The highest BCUT2D eigenvalue weighted by Crippen LogP contribution is 2.40. The van der Waals surface area contributed by atoms with Crippen molar-refractivity contribution in [3.8, 4) is 6.07 Å². The van der Waals surface area contributed by atoms with E-state index in [9.17, 15) is 9.59 Å². The Morgan fingerprint density at radius 1 is 1.32 bits per heavy atom. The minimum atomic E-state index is -0.570. The Kier molecular flexibility index (Phi) is 4.31. The van der Waals surface area contributed by atoms with Crippen LogP contribution in [0.4, 0.5) is 11.4 Å². The Hall–Kier alpha value is -2.99. The molecule has 9 heteroatoms. The van der Waals surface area contributed by atoms with Gasteiger partial charge in [-0.2, -0.15) is 9.94 Å². The third kappa shape index (κ3) is 2.72. The van der Waals surface area contributed by atoms with Crippen molar-refractivity contribution in [2.45, 2.75) is 44.7 Å². The summed E-state index contributed by atoms with van der Waals surface area (Å²) in [6.45, 7) is 3.42. The lowest BCUT2D eigenvalue weighted by atomic mass is 9.97. The van der Waals surface area contributed by atoms with Crippen LogP contribution in [0.2, 0.25) is 0 Å². The molecule has 2 atom stereocenters. The first-order valence-corrected chi connectivity index (χ1v) is 9.58. The van der Waals surface area contributed by atoms with Crippen LogP contribution in [0.15, 0.2) is 15.7 Å². The van der Waals surface area contributed by atoms with Crippen molar-refractivity contribution in [1.29, 1.82) is 5.26 Å². The maximum atomic E-state index is 12.7. The fraction of sp³-hybridized carbons (Fsp3) is 0.526. The van der Waals surface area contributed by atoms with Gasteiger partial charge in [0, 0.05) is 36.5 Å². The summed E-state index contributed by atoms with van der Waals surface area (Å²) in [4.78, 5) is 27.5. The van der Waals surface area contributed by atoms with Crippen molar-refractivity contribution < 1.29 is 0 Å². The zero-order valence-corrected chi connectivity index (χ0v) is 15.9. The molecule has 1 aromatic heterocycles. The van der Waals surface area contributed by atoms with Crippen LogP contribution >= 0.6 is 0 Å². The Labute approximate surface area is 161 Å². The highest BCUT2D eigenvalue weighted by molar-refractivity contribution is 5.96. The summed E-state index contributed by atoms with van der Waals surface area (Å²) in [5, 5.41) is 9.21. The Bertz CT molecular complexity index is 1110. The molecule has 1 aromatic carbocycles. The highest BCUT2D eigenvalue weighted by atomic mass is 16.2. The third-order valence-corrected chi connectivity index (χ3v) is 6.05. The second kappa shape index (κ2) is 6.56. The van der Waals surface area contributed by atoms with Crippen molar-refractivity contribution in [2.75, 3.05) is 29.6 Å². The smallest absolute Gasteiger partial charge is 0.350 e. The molecule has 4 rings (SSSR count). The number of nitrogens with zero attached hydrogens (tertiary/aromatic N) is 4. The summed E-state index contributed by atoms with van der Waals surface area (Å²) in [7, 11) is 0. The van der Waals surface area contributed by atoms with Crippen molar-refractivity contribution in [3.63, 3.8) is 0 Å². The molecule has 0 bridgehead atoms. The van der Waals surface area contributed by atoms with Gasteiger partial charge in [-0.05, 0) is 43.7 Å². The summed E-state index contributed by atoms with van der Waals surface area (Å²) in [5.41, 5.74) is 14.0. The summed E-state index contributed by atoms with van der Waals surface area (Å²) in [6.07, 6.45) is 2.98. The minimum absolute atomic E-state index is 0.0501. The monoisotopic (exact) mass is 383 g/mol. The molecule has 0 spiro atoms. The maximum Gasteiger partial charge on any atom is 0.350 e. The molecule has 0 amide bonds. The van der Waals surface area contributed by atoms with E-state index < -0.39 is 11.2 Å². The van der Waals surface area contributed by atoms with Crippen LogP contribution in [0.5, 0.6) is 0 Å². The van der Waals surface area contributed by atoms with Gasteiger partial charge in [-0.1, -0.05) is 0 Å². The molecule has 1 saturated heterocycles. The summed E-state index contributed by atoms with van der Waals surface area (Å²) < 4.78 is 2.28. The van der Waals surface area contributed by atoms with Crippen LogP contribution in [0.3, 0.4) is 0 Å². The lowest BCUT2D eigenvalue weighted by Gasteiger charge is -2.25. The van der Waals surface area contributed by atoms with Gasteiger partial charge < -0.3 is 22.2 Å². The van der Waals surface area contributed by atoms with E-state index in [1.807, 2.05) is 6.92 Å². The number of nitrogen functional groups attached to an aromatic ring is 2. The number of rotatable bonds is 4. The van der Waals surface area contributed by atoms with E-state index in [0.29, 0.717) is 27.7 Å². The zero-order chi connectivity index (χ0) is 20.2. The second-order valence-corrected chi connectivity index (χ2v) is 7.91. The van der Waals surface area contributed by atoms with Gasteiger partial charge in [0.25, 0.3) is 5.56 Å². The molecule has 1 saturated carbocycles. The predicted molar refractivity (Wildman–Crippen MR) is 109 cm³/mol. The minimum Gasteiger partial charge on any atom is -0.398 e. The van der Waals surface area contributed by atoms with E-state index >= 15 is 0 Å². The highest BCUT2D eigenvalue weighted by Gasteiger charge is 2.32. The summed E-state index contributed by atoms with van der Waals surface area (Å²) in [5.74, 6) is 5.96. The van der Waals surface area contributed by atoms with Gasteiger partial charge >= 0.3 is 5.69 Å². The number of aromatic nitrogens is 2. The first-order chi connectivity index (χ1) is 13.3. The molecule has 2 fully saturated rings. The summed E-state index contributed by atoms with van der Waals surface area (Å²) >= 11 is 0. The van der Waals surface area contributed by atoms with Crippen LogP contribution in [-0.2, 0) is 0 Å². The molecule has 0 radical (unpaired) electrons. The molecule has 2 heterocycles. The van der Waals surface area contributed by atoms with Crippen LogP contribution in [0.25, 0.3) is 10.9 Å². The summed E-state index contributed by atoms with van der Waals surface area (Å²) in [6, 6.07) is 3.81. The molecule has 9 nitrogen and oxygen atoms in total. The van der Waals surface area contributed by atoms with Gasteiger partial charge in [0.15, 0.2) is 0 Å². The molecule has 2 aliphatic rings. The average Bonchev–Trinajstić information content (AvgIpc) is 3.37. The zero-order valence-electron chi connectivity index (χ0n) is 15.9. The molecular weight excluding hydrogens is 358 g/mol. The SMILES string of the molecule is Cc1c(N2CCC(C(N)CC#N)C2)cc(N)c2c(=O)n(N)c(=O)n(C3CC3)c12. The van der Waals surface area contributed by atoms with Crippen molar-refractivity contribution in [1.82, 2.24) is 9.24 Å². The first-order valence-electron chi connectivity index (χ1n) is 9.58. The number of hydrogen-bond donors (Lipinski definition) is 3. The number of nitriles is 1. The molecule has 6 N–H and O–H groups in total. The third-order valence-electron chi connectivity index (χ3n) is 6.05. The fourth-order valence-electron chi connectivity index (χ4n) is 4.35. The number of anilines is 2. The van der Waals surface area contributed by atoms with Crippen molar-refractivity contribution in [2.24, 2.45) is 11.7 Å². The number of hydrogen-bond acceptors (Lipinski definition) is 7. The van der Waals surface area contributed by atoms with E-state index in [4.69, 9.17) is 22.6 Å². The van der Waals surface area contributed by atoms with Gasteiger partial charge in [0.1, 0.15) is 0 Å². The number of nitrogens with two attached hydrogens (primary N) is 3. The van der Waals surface area contributed by atoms with Crippen LogP contribution in [-0.4, -0.2) is 28.4 Å². The number of fused-ring (bicyclic) bond motifs is 1. The Morgan fingerprint density at radius 2 is 2.04 bits per heavy atom. The first kappa shape index (κ1) is 18.4. The van der Waals surface area contributed by atoms with Crippen LogP contribution in [0.1, 0.15) is 37.3 Å². The second-order valence-electron chi connectivity index (χ2n) is 7.91. The Balaban J connectivity index is 1.87. The van der Waals surface area contributed by atoms with Crippen LogP contribution < -0.4 is 33.5 Å². The van der Waals surface area contributed by atoms with Gasteiger partial charge in [-0.3, -0.25) is 9.36 Å². The van der Waals surface area contributed by atoms with Gasteiger partial charge in [-0.15, -0.1) is 0 Å².